The van der Waals surface area contributed by atoms with Crippen LogP contribution in [-0.2, 0) is 20.0 Å². The number of aromatic amines is 1. The fourth-order valence-corrected chi connectivity index (χ4v) is 2.23. The van der Waals surface area contributed by atoms with Crippen molar-refractivity contribution in [3.05, 3.63) is 41.7 Å². The molecular formula is C15H20AgClN2. The fourth-order valence-electron chi connectivity index (χ4n) is 2.23. The normalized spacial score (nSPS) is 10.6. The molecule has 0 aliphatic rings. The molecule has 0 aliphatic heterocycles. The van der Waals surface area contributed by atoms with E-state index in [2.05, 4.69) is 85.0 Å². The van der Waals surface area contributed by atoms with Crippen LogP contribution in [-0.4, -0.2) is 9.97 Å². The second-order valence-corrected chi connectivity index (χ2v) is 5.06. The molecule has 1 N–H and O–H groups in total. The maximum atomic E-state index is 4.45. The van der Waals surface area contributed by atoms with Crippen molar-refractivity contribution in [2.75, 3.05) is 0 Å². The van der Waals surface area contributed by atoms with Gasteiger partial charge in [0.2, 0.25) is 0 Å². The monoisotopic (exact) mass is 370 g/mol. The Morgan fingerprint density at radius 2 is 1.58 bits per heavy atom. The molecular weight excluding hydrogens is 352 g/mol. The average molecular weight is 372 g/mol. The third-order valence-electron chi connectivity index (χ3n) is 3.11. The molecule has 0 unspecified atom stereocenters. The average Bonchev–Trinajstić information content (AvgIpc) is 2.93. The van der Waals surface area contributed by atoms with Crippen LogP contribution in [0.25, 0.3) is 11.4 Å². The van der Waals surface area contributed by atoms with Gasteiger partial charge in [0.05, 0.1) is 0 Å². The number of hydrogen-bond acceptors (Lipinski definition) is 1. The van der Waals surface area contributed by atoms with Crippen molar-refractivity contribution in [1.82, 2.24) is 9.97 Å². The Balaban J connectivity index is 0.000000861. The summed E-state index contributed by atoms with van der Waals surface area (Å²) in [4.78, 5) is 7.65. The van der Waals surface area contributed by atoms with Gasteiger partial charge >= 0.3 is 29.2 Å². The van der Waals surface area contributed by atoms with Gasteiger partial charge in [-0.25, -0.2) is 4.98 Å². The van der Waals surface area contributed by atoms with Crippen LogP contribution in [0.2, 0.25) is 0 Å². The van der Waals surface area contributed by atoms with Crippen LogP contribution in [0.5, 0.6) is 0 Å². The van der Waals surface area contributed by atoms with Crippen molar-refractivity contribution < 1.29 is 20.0 Å². The summed E-state index contributed by atoms with van der Waals surface area (Å²) in [5, 5.41) is 0. The van der Waals surface area contributed by atoms with Crippen molar-refractivity contribution >= 4 is 9.19 Å². The maximum absolute atomic E-state index is 4.45. The van der Waals surface area contributed by atoms with Crippen LogP contribution in [0.15, 0.2) is 30.6 Å². The van der Waals surface area contributed by atoms with Gasteiger partial charge in [0.25, 0.3) is 0 Å². The van der Waals surface area contributed by atoms with Gasteiger partial charge in [-0.05, 0) is 23.0 Å². The first-order chi connectivity index (χ1) is 9.11. The van der Waals surface area contributed by atoms with Crippen molar-refractivity contribution in [2.24, 2.45) is 0 Å². The quantitative estimate of drug-likeness (QED) is 0.755. The van der Waals surface area contributed by atoms with Gasteiger partial charge in [-0.1, -0.05) is 45.9 Å². The van der Waals surface area contributed by atoms with Crippen molar-refractivity contribution in [3.8, 4) is 11.4 Å². The third-order valence-corrected chi connectivity index (χ3v) is 3.11. The molecule has 0 fully saturated rings. The molecule has 2 nitrogen and oxygen atoms in total. The van der Waals surface area contributed by atoms with Crippen LogP contribution in [0.3, 0.4) is 0 Å². The topological polar surface area (TPSA) is 28.7 Å². The summed E-state index contributed by atoms with van der Waals surface area (Å²) in [6.45, 7) is 8.91. The number of imidazole rings is 1. The van der Waals surface area contributed by atoms with Crippen molar-refractivity contribution in [1.29, 1.82) is 0 Å². The molecule has 0 spiro atoms. The van der Waals surface area contributed by atoms with E-state index in [1.165, 1.54) is 16.7 Å². The second-order valence-electron chi connectivity index (χ2n) is 5.06. The van der Waals surface area contributed by atoms with E-state index in [-0.39, 0.29) is 0 Å². The summed E-state index contributed by atoms with van der Waals surface area (Å²) in [5.41, 5.74) is 4.01. The zero-order valence-electron chi connectivity index (χ0n) is 11.7. The fraction of sp³-hybridized carbons (Fsp3) is 0.400. The number of benzene rings is 1. The molecule has 0 aliphatic carbocycles. The summed E-state index contributed by atoms with van der Waals surface area (Å²) in [6, 6.07) is 6.56. The molecule has 0 amide bonds. The van der Waals surface area contributed by atoms with Gasteiger partial charge < -0.3 is 4.98 Å². The molecule has 0 saturated heterocycles. The number of nitrogens with one attached hydrogen (secondary N) is 1. The first kappa shape index (κ1) is 16.5. The molecule has 0 bridgehead atoms. The van der Waals surface area contributed by atoms with Crippen LogP contribution >= 0.6 is 9.19 Å². The van der Waals surface area contributed by atoms with Crippen LogP contribution in [0.1, 0.15) is 50.7 Å². The summed E-state index contributed by atoms with van der Waals surface area (Å²) >= 11 is 2.42. The van der Waals surface area contributed by atoms with E-state index in [1.54, 1.807) is 0 Å². The number of hydrogen-bond donors (Lipinski definition) is 1. The third kappa shape index (κ3) is 3.96. The van der Waals surface area contributed by atoms with Gasteiger partial charge in [0, 0.05) is 18.0 Å². The molecule has 4 heteroatoms. The molecule has 1 heterocycles. The molecule has 108 valence electrons. The Morgan fingerprint density at radius 3 is 1.95 bits per heavy atom. The van der Waals surface area contributed by atoms with E-state index >= 15 is 0 Å². The summed E-state index contributed by atoms with van der Waals surface area (Å²) in [5.74, 6) is 2.00. The summed E-state index contributed by atoms with van der Waals surface area (Å²) in [6.07, 6.45) is 3.70. The number of halogens is 1. The zero-order chi connectivity index (χ0) is 14.4. The molecule has 2 rings (SSSR count). The number of nitrogens with zero attached hydrogens (tertiary/aromatic N) is 1. The first-order valence-corrected chi connectivity index (χ1v) is 8.26. The van der Waals surface area contributed by atoms with Crippen molar-refractivity contribution in [3.63, 3.8) is 0 Å². The zero-order valence-corrected chi connectivity index (χ0v) is 13.9. The van der Waals surface area contributed by atoms with E-state index < -0.39 is 0 Å². The van der Waals surface area contributed by atoms with E-state index in [4.69, 9.17) is 0 Å². The van der Waals surface area contributed by atoms with Gasteiger partial charge in [-0.3, -0.25) is 0 Å². The van der Waals surface area contributed by atoms with Gasteiger partial charge in [0.15, 0.2) is 0 Å². The molecule has 19 heavy (non-hydrogen) atoms. The Morgan fingerprint density at radius 1 is 1.05 bits per heavy atom. The molecule has 2 aromatic rings. The van der Waals surface area contributed by atoms with Gasteiger partial charge in [0.1, 0.15) is 5.82 Å². The summed E-state index contributed by atoms with van der Waals surface area (Å²) < 4.78 is 0. The van der Waals surface area contributed by atoms with Gasteiger partial charge in [-0.15, -0.1) is 0 Å². The number of H-pyrrole nitrogens is 1. The predicted molar refractivity (Wildman–Crippen MR) is 78.1 cm³/mol. The molecule has 0 atom stereocenters. The van der Waals surface area contributed by atoms with Crippen LogP contribution < -0.4 is 0 Å². The number of rotatable bonds is 3. The van der Waals surface area contributed by atoms with Crippen molar-refractivity contribution in [2.45, 2.75) is 39.5 Å². The van der Waals surface area contributed by atoms with Gasteiger partial charge in [-0.2, -0.15) is 0 Å². The molecule has 1 aromatic heterocycles. The number of aromatic nitrogens is 2. The molecule has 0 saturated carbocycles. The molecule has 1 aromatic carbocycles. The predicted octanol–water partition coefficient (Wildman–Crippen LogP) is 5.01. The van der Waals surface area contributed by atoms with E-state index in [9.17, 15) is 0 Å². The minimum absolute atomic E-state index is 0.508. The Labute approximate surface area is 131 Å². The van der Waals surface area contributed by atoms with Crippen LogP contribution in [0, 0.1) is 0 Å². The SMILES string of the molecule is CC(C)c1cccc(C(C)C)c1-c1ncc[nH]1.[Cl][Ag]. The van der Waals surface area contributed by atoms with E-state index in [1.807, 2.05) is 12.4 Å². The minimum atomic E-state index is 0.508. The van der Waals surface area contributed by atoms with E-state index in [0.717, 1.165) is 5.82 Å². The van der Waals surface area contributed by atoms with E-state index in [0.29, 0.717) is 11.8 Å². The molecule has 0 radical (unpaired) electrons. The Kier molecular flexibility index (Phi) is 6.87. The Bertz CT molecular complexity index is 467. The van der Waals surface area contributed by atoms with Crippen LogP contribution in [0.4, 0.5) is 0 Å². The Hall–Kier alpha value is -0.540. The second kappa shape index (κ2) is 7.91. The first-order valence-electron chi connectivity index (χ1n) is 6.35. The summed E-state index contributed by atoms with van der Waals surface area (Å²) in [7, 11) is 4.45. The standard InChI is InChI=1S/C15H20N2.Ag.ClH/c1-10(2)12-6-5-7-13(11(3)4)14(12)15-16-8-9-17-15;;/h5-11H,1-4H3,(H,16,17);;1H/q;+1;/p-1.